The van der Waals surface area contributed by atoms with Crippen molar-refractivity contribution in [3.05, 3.63) is 59.7 Å². The monoisotopic (exact) mass is 326 g/mol. The lowest BCUT2D eigenvalue weighted by Crippen LogP contribution is -2.32. The summed E-state index contributed by atoms with van der Waals surface area (Å²) < 4.78 is 5.77. The first-order valence-corrected chi connectivity index (χ1v) is 8.43. The van der Waals surface area contributed by atoms with Crippen molar-refractivity contribution >= 4 is 11.6 Å². The number of carbonyl (C=O) groups excluding carboxylic acids is 1. The molecule has 0 aliphatic rings. The van der Waals surface area contributed by atoms with Crippen LogP contribution in [-0.2, 0) is 17.8 Å². The van der Waals surface area contributed by atoms with E-state index in [1.807, 2.05) is 55.5 Å². The highest BCUT2D eigenvalue weighted by Gasteiger charge is 2.07. The Hall–Kier alpha value is -2.49. The van der Waals surface area contributed by atoms with E-state index in [9.17, 15) is 4.79 Å². The van der Waals surface area contributed by atoms with Gasteiger partial charge in [0.2, 0.25) is 5.91 Å². The van der Waals surface area contributed by atoms with E-state index in [0.29, 0.717) is 30.9 Å². The number of rotatable bonds is 8. The second-order valence-corrected chi connectivity index (χ2v) is 6.02. The van der Waals surface area contributed by atoms with Crippen LogP contribution in [0.4, 0.5) is 5.69 Å². The molecule has 0 bridgehead atoms. The Bertz CT molecular complexity index is 656. The van der Waals surface area contributed by atoms with E-state index in [0.717, 1.165) is 17.5 Å². The SMILES string of the molecule is CCC(C)NC(=O)CCc1ccc(OCc2ccccc2)c(N)c1. The minimum atomic E-state index is 0.0762. The van der Waals surface area contributed by atoms with Crippen LogP contribution in [0.2, 0.25) is 0 Å². The molecule has 24 heavy (non-hydrogen) atoms. The third-order valence-corrected chi connectivity index (χ3v) is 3.97. The van der Waals surface area contributed by atoms with E-state index in [1.165, 1.54) is 0 Å². The number of carbonyl (C=O) groups is 1. The number of nitrogens with two attached hydrogens (primary N) is 1. The van der Waals surface area contributed by atoms with Gasteiger partial charge in [-0.25, -0.2) is 0 Å². The molecule has 3 N–H and O–H groups in total. The maximum Gasteiger partial charge on any atom is 0.220 e. The van der Waals surface area contributed by atoms with Gasteiger partial charge in [-0.2, -0.15) is 0 Å². The van der Waals surface area contributed by atoms with Crippen molar-refractivity contribution in [2.24, 2.45) is 0 Å². The molecule has 0 fully saturated rings. The summed E-state index contributed by atoms with van der Waals surface area (Å²) >= 11 is 0. The molecule has 0 saturated carbocycles. The average molecular weight is 326 g/mol. The predicted octanol–water partition coefficient (Wildman–Crippen LogP) is 3.70. The largest absolute Gasteiger partial charge is 0.487 e. The minimum Gasteiger partial charge on any atom is -0.487 e. The van der Waals surface area contributed by atoms with Gasteiger partial charge in [-0.3, -0.25) is 4.79 Å². The van der Waals surface area contributed by atoms with Gasteiger partial charge in [-0.1, -0.05) is 43.3 Å². The van der Waals surface area contributed by atoms with Crippen molar-refractivity contribution in [2.75, 3.05) is 5.73 Å². The molecule has 1 unspecified atom stereocenters. The van der Waals surface area contributed by atoms with Crippen molar-refractivity contribution in [3.8, 4) is 5.75 Å². The summed E-state index contributed by atoms with van der Waals surface area (Å²) in [4.78, 5) is 11.8. The Morgan fingerprint density at radius 2 is 1.92 bits per heavy atom. The van der Waals surface area contributed by atoms with Crippen LogP contribution in [0.1, 0.15) is 37.8 Å². The van der Waals surface area contributed by atoms with Gasteiger partial charge >= 0.3 is 0 Å². The number of nitrogens with one attached hydrogen (secondary N) is 1. The van der Waals surface area contributed by atoms with Gasteiger partial charge in [-0.15, -0.1) is 0 Å². The highest BCUT2D eigenvalue weighted by atomic mass is 16.5. The van der Waals surface area contributed by atoms with Gasteiger partial charge in [0.1, 0.15) is 12.4 Å². The number of nitrogen functional groups attached to an aromatic ring is 1. The minimum absolute atomic E-state index is 0.0762. The summed E-state index contributed by atoms with van der Waals surface area (Å²) in [5, 5.41) is 2.97. The van der Waals surface area contributed by atoms with Gasteiger partial charge in [0.15, 0.2) is 0 Å². The highest BCUT2D eigenvalue weighted by molar-refractivity contribution is 5.76. The van der Waals surface area contributed by atoms with Crippen LogP contribution in [-0.4, -0.2) is 11.9 Å². The second-order valence-electron chi connectivity index (χ2n) is 6.02. The smallest absolute Gasteiger partial charge is 0.220 e. The normalized spacial score (nSPS) is 11.8. The van der Waals surface area contributed by atoms with Gasteiger partial charge in [0.25, 0.3) is 0 Å². The Kier molecular flexibility index (Phi) is 6.67. The molecule has 0 spiro atoms. The fourth-order valence-corrected chi connectivity index (χ4v) is 2.33. The molecule has 0 aliphatic carbocycles. The van der Waals surface area contributed by atoms with E-state index in [-0.39, 0.29) is 11.9 Å². The standard InChI is InChI=1S/C20H26N2O2/c1-3-15(2)22-20(23)12-10-16-9-11-19(18(21)13-16)24-14-17-7-5-4-6-8-17/h4-9,11,13,15H,3,10,12,14,21H2,1-2H3,(H,22,23). The van der Waals surface area contributed by atoms with Crippen molar-refractivity contribution in [1.29, 1.82) is 0 Å². The first-order valence-electron chi connectivity index (χ1n) is 8.43. The van der Waals surface area contributed by atoms with E-state index < -0.39 is 0 Å². The van der Waals surface area contributed by atoms with E-state index >= 15 is 0 Å². The molecule has 4 heteroatoms. The molecular weight excluding hydrogens is 300 g/mol. The number of ether oxygens (including phenoxy) is 1. The van der Waals surface area contributed by atoms with Crippen molar-refractivity contribution in [3.63, 3.8) is 0 Å². The molecule has 4 nitrogen and oxygen atoms in total. The number of aryl methyl sites for hydroxylation is 1. The zero-order valence-corrected chi connectivity index (χ0v) is 14.4. The van der Waals surface area contributed by atoms with Crippen LogP contribution in [0, 0.1) is 0 Å². The van der Waals surface area contributed by atoms with Gasteiger partial charge in [0, 0.05) is 12.5 Å². The molecule has 1 atom stereocenters. The Morgan fingerprint density at radius 1 is 1.17 bits per heavy atom. The van der Waals surface area contributed by atoms with Gasteiger partial charge < -0.3 is 15.8 Å². The molecule has 128 valence electrons. The predicted molar refractivity (Wildman–Crippen MR) is 97.8 cm³/mol. The van der Waals surface area contributed by atoms with E-state index in [4.69, 9.17) is 10.5 Å². The lowest BCUT2D eigenvalue weighted by Gasteiger charge is -2.12. The molecule has 0 radical (unpaired) electrons. The van der Waals surface area contributed by atoms with Crippen molar-refractivity contribution in [2.45, 2.75) is 45.8 Å². The molecule has 1 amide bonds. The maximum atomic E-state index is 11.8. The van der Waals surface area contributed by atoms with Crippen LogP contribution < -0.4 is 15.8 Å². The molecule has 2 aromatic carbocycles. The summed E-state index contributed by atoms with van der Waals surface area (Å²) in [6, 6.07) is 15.9. The third-order valence-electron chi connectivity index (χ3n) is 3.97. The quantitative estimate of drug-likeness (QED) is 0.727. The molecule has 0 saturated heterocycles. The van der Waals surface area contributed by atoms with Crippen LogP contribution >= 0.6 is 0 Å². The summed E-state index contributed by atoms with van der Waals surface area (Å²) in [6.07, 6.45) is 2.07. The number of hydrogen-bond donors (Lipinski definition) is 2. The fourth-order valence-electron chi connectivity index (χ4n) is 2.33. The van der Waals surface area contributed by atoms with E-state index in [1.54, 1.807) is 0 Å². The lowest BCUT2D eigenvalue weighted by atomic mass is 10.1. The third kappa shape index (κ3) is 5.61. The Morgan fingerprint density at radius 3 is 2.58 bits per heavy atom. The highest BCUT2D eigenvalue weighted by Crippen LogP contribution is 2.24. The topological polar surface area (TPSA) is 64.3 Å². The van der Waals surface area contributed by atoms with Crippen LogP contribution in [0.15, 0.2) is 48.5 Å². The van der Waals surface area contributed by atoms with Crippen LogP contribution in [0.5, 0.6) is 5.75 Å². The summed E-state index contributed by atoms with van der Waals surface area (Å²) in [5.41, 5.74) is 8.81. The first kappa shape index (κ1) is 17.9. The van der Waals surface area contributed by atoms with Crippen molar-refractivity contribution < 1.29 is 9.53 Å². The van der Waals surface area contributed by atoms with Crippen molar-refractivity contribution in [1.82, 2.24) is 5.32 Å². The fraction of sp³-hybridized carbons (Fsp3) is 0.350. The molecule has 0 heterocycles. The summed E-state index contributed by atoms with van der Waals surface area (Å²) in [6.45, 7) is 4.55. The zero-order chi connectivity index (χ0) is 17.4. The van der Waals surface area contributed by atoms with Gasteiger partial charge in [-0.05, 0) is 43.0 Å². The van der Waals surface area contributed by atoms with E-state index in [2.05, 4.69) is 12.2 Å². The molecule has 0 aromatic heterocycles. The molecule has 0 aliphatic heterocycles. The Labute approximate surface area is 144 Å². The van der Waals surface area contributed by atoms with Crippen LogP contribution in [0.3, 0.4) is 0 Å². The Balaban J connectivity index is 1.86. The second kappa shape index (κ2) is 8.96. The lowest BCUT2D eigenvalue weighted by molar-refractivity contribution is -0.121. The number of amides is 1. The van der Waals surface area contributed by atoms with Crippen LogP contribution in [0.25, 0.3) is 0 Å². The first-order chi connectivity index (χ1) is 11.6. The molecular formula is C20H26N2O2. The number of benzene rings is 2. The summed E-state index contributed by atoms with van der Waals surface area (Å²) in [7, 11) is 0. The van der Waals surface area contributed by atoms with Gasteiger partial charge in [0.05, 0.1) is 5.69 Å². The number of anilines is 1. The molecule has 2 aromatic rings. The maximum absolute atomic E-state index is 11.8. The average Bonchev–Trinajstić information content (AvgIpc) is 2.60. The summed E-state index contributed by atoms with van der Waals surface area (Å²) in [5.74, 6) is 0.749. The molecule has 2 rings (SSSR count). The number of hydrogen-bond acceptors (Lipinski definition) is 3. The zero-order valence-electron chi connectivity index (χ0n) is 14.4.